The van der Waals surface area contributed by atoms with E-state index >= 15 is 0 Å². The number of nitrogens with one attached hydrogen (secondary N) is 1. The van der Waals surface area contributed by atoms with Gasteiger partial charge in [0.1, 0.15) is 0 Å². The van der Waals surface area contributed by atoms with Gasteiger partial charge in [-0.1, -0.05) is 41.4 Å². The maximum absolute atomic E-state index is 12.2. The number of carbonyl (C=O) groups is 2. The van der Waals surface area contributed by atoms with Crippen LogP contribution in [0.1, 0.15) is 12.0 Å². The Labute approximate surface area is 150 Å². The molecule has 0 aliphatic carbocycles. The van der Waals surface area contributed by atoms with E-state index in [0.29, 0.717) is 16.6 Å². The summed E-state index contributed by atoms with van der Waals surface area (Å²) in [6.45, 7) is 0.453. The molecule has 1 aliphatic rings. The Morgan fingerprint density at radius 2 is 1.83 bits per heavy atom. The summed E-state index contributed by atoms with van der Waals surface area (Å²) in [7, 11) is 0. The second kappa shape index (κ2) is 7.24. The van der Waals surface area contributed by atoms with Crippen molar-refractivity contribution in [2.45, 2.75) is 18.9 Å². The summed E-state index contributed by atoms with van der Waals surface area (Å²) in [6.07, 6.45) is 0.488. The first-order valence-corrected chi connectivity index (χ1v) is 8.37. The van der Waals surface area contributed by atoms with E-state index < -0.39 is 0 Å². The first kappa shape index (κ1) is 16.8. The zero-order valence-corrected chi connectivity index (χ0v) is 14.3. The minimum absolute atomic E-state index is 0.0136. The van der Waals surface area contributed by atoms with E-state index in [0.717, 1.165) is 11.3 Å². The predicted molar refractivity (Wildman–Crippen MR) is 95.5 cm³/mol. The highest BCUT2D eigenvalue weighted by Crippen LogP contribution is 2.23. The first-order chi connectivity index (χ1) is 11.5. The van der Waals surface area contributed by atoms with Crippen molar-refractivity contribution in [3.05, 3.63) is 64.1 Å². The molecule has 124 valence electrons. The molecule has 1 saturated heterocycles. The fourth-order valence-electron chi connectivity index (χ4n) is 2.77. The smallest absolute Gasteiger partial charge is 0.229 e. The molecular formula is C18H16Cl2N2O2. The van der Waals surface area contributed by atoms with Crippen LogP contribution >= 0.6 is 23.2 Å². The Kier molecular flexibility index (Phi) is 5.07. The Hall–Kier alpha value is -2.04. The van der Waals surface area contributed by atoms with Gasteiger partial charge >= 0.3 is 0 Å². The number of hydrogen-bond donors (Lipinski definition) is 1. The average molecular weight is 363 g/mol. The molecule has 1 fully saturated rings. The summed E-state index contributed by atoms with van der Waals surface area (Å²) in [5.74, 6) is -0.153. The van der Waals surface area contributed by atoms with Crippen molar-refractivity contribution in [1.29, 1.82) is 0 Å². The van der Waals surface area contributed by atoms with E-state index in [9.17, 15) is 9.59 Å². The molecule has 2 aromatic carbocycles. The van der Waals surface area contributed by atoms with Crippen LogP contribution in [0.25, 0.3) is 0 Å². The van der Waals surface area contributed by atoms with Crippen LogP contribution in [0.4, 0.5) is 5.69 Å². The predicted octanol–water partition coefficient (Wildman–Crippen LogP) is 3.46. The molecule has 1 N–H and O–H groups in total. The lowest BCUT2D eigenvalue weighted by atomic mass is 10.1. The van der Waals surface area contributed by atoms with Gasteiger partial charge in [0, 0.05) is 28.7 Å². The zero-order valence-electron chi connectivity index (χ0n) is 12.8. The molecule has 4 nitrogen and oxygen atoms in total. The van der Waals surface area contributed by atoms with E-state index in [1.54, 1.807) is 35.2 Å². The van der Waals surface area contributed by atoms with Crippen LogP contribution in [0.15, 0.2) is 48.5 Å². The molecule has 0 radical (unpaired) electrons. The summed E-state index contributed by atoms with van der Waals surface area (Å²) in [5.41, 5.74) is 1.56. The fraction of sp³-hybridized carbons (Fsp3) is 0.222. The molecule has 24 heavy (non-hydrogen) atoms. The lowest BCUT2D eigenvalue weighted by molar-refractivity contribution is -0.121. The SMILES string of the molecule is O=C(Cc1ccccc1Cl)NC1CC(=O)N(c2ccc(Cl)cc2)C1. The van der Waals surface area contributed by atoms with Gasteiger partial charge in [-0.25, -0.2) is 0 Å². The fourth-order valence-corrected chi connectivity index (χ4v) is 3.10. The summed E-state index contributed by atoms with van der Waals surface area (Å²) in [5, 5.41) is 4.10. The monoisotopic (exact) mass is 362 g/mol. The number of anilines is 1. The summed E-state index contributed by atoms with van der Waals surface area (Å²) in [4.78, 5) is 26.0. The summed E-state index contributed by atoms with van der Waals surface area (Å²) in [6, 6.07) is 14.1. The zero-order chi connectivity index (χ0) is 17.1. The third-order valence-electron chi connectivity index (χ3n) is 3.94. The van der Waals surface area contributed by atoms with Crippen LogP contribution < -0.4 is 10.2 Å². The van der Waals surface area contributed by atoms with E-state index in [4.69, 9.17) is 23.2 Å². The molecule has 1 aliphatic heterocycles. The number of amides is 2. The number of halogens is 2. The van der Waals surface area contributed by atoms with Crippen LogP contribution in [0, 0.1) is 0 Å². The number of hydrogen-bond acceptors (Lipinski definition) is 2. The van der Waals surface area contributed by atoms with Crippen LogP contribution in [0.3, 0.4) is 0 Å². The van der Waals surface area contributed by atoms with Crippen molar-refractivity contribution in [1.82, 2.24) is 5.32 Å². The number of nitrogens with zero attached hydrogens (tertiary/aromatic N) is 1. The molecule has 3 rings (SSSR count). The molecule has 1 atom stereocenters. The van der Waals surface area contributed by atoms with Crippen molar-refractivity contribution in [3.63, 3.8) is 0 Å². The van der Waals surface area contributed by atoms with Gasteiger partial charge in [-0.05, 0) is 35.9 Å². The van der Waals surface area contributed by atoms with E-state index in [1.807, 2.05) is 18.2 Å². The lowest BCUT2D eigenvalue weighted by Gasteiger charge is -2.17. The van der Waals surface area contributed by atoms with Crippen LogP contribution in [0.2, 0.25) is 10.0 Å². The van der Waals surface area contributed by atoms with E-state index in [-0.39, 0.29) is 30.7 Å². The van der Waals surface area contributed by atoms with Gasteiger partial charge in [-0.15, -0.1) is 0 Å². The third-order valence-corrected chi connectivity index (χ3v) is 4.56. The molecule has 0 aromatic heterocycles. The van der Waals surface area contributed by atoms with E-state index in [1.165, 1.54) is 0 Å². The van der Waals surface area contributed by atoms with Gasteiger partial charge in [0.15, 0.2) is 0 Å². The van der Waals surface area contributed by atoms with Crippen molar-refractivity contribution < 1.29 is 9.59 Å². The Balaban J connectivity index is 1.61. The first-order valence-electron chi connectivity index (χ1n) is 7.61. The molecule has 6 heteroatoms. The van der Waals surface area contributed by atoms with Crippen LogP contribution in [-0.2, 0) is 16.0 Å². The molecule has 1 heterocycles. The standard InChI is InChI=1S/C18H16Cl2N2O2/c19-13-5-7-15(8-6-13)22-11-14(10-18(22)24)21-17(23)9-12-3-1-2-4-16(12)20/h1-8,14H,9-11H2,(H,21,23). The van der Waals surface area contributed by atoms with Gasteiger partial charge in [-0.3, -0.25) is 9.59 Å². The minimum atomic E-state index is -0.205. The lowest BCUT2D eigenvalue weighted by Crippen LogP contribution is -2.38. The third kappa shape index (κ3) is 3.89. The van der Waals surface area contributed by atoms with Crippen molar-refractivity contribution in [3.8, 4) is 0 Å². The van der Waals surface area contributed by atoms with Crippen molar-refractivity contribution in [2.75, 3.05) is 11.4 Å². The van der Waals surface area contributed by atoms with Gasteiger partial charge < -0.3 is 10.2 Å². The number of carbonyl (C=O) groups excluding carboxylic acids is 2. The quantitative estimate of drug-likeness (QED) is 0.905. The van der Waals surface area contributed by atoms with Gasteiger partial charge in [0.2, 0.25) is 11.8 Å². The molecule has 0 saturated carbocycles. The normalized spacial score (nSPS) is 17.2. The summed E-state index contributed by atoms with van der Waals surface area (Å²) >= 11 is 11.9. The number of rotatable bonds is 4. The Morgan fingerprint density at radius 3 is 2.54 bits per heavy atom. The molecule has 0 bridgehead atoms. The molecule has 2 amide bonds. The number of benzene rings is 2. The second-order valence-corrected chi connectivity index (χ2v) is 6.56. The highest BCUT2D eigenvalue weighted by molar-refractivity contribution is 6.31. The van der Waals surface area contributed by atoms with Gasteiger partial charge in [0.25, 0.3) is 0 Å². The highest BCUT2D eigenvalue weighted by Gasteiger charge is 2.31. The average Bonchev–Trinajstić information content (AvgIpc) is 2.90. The van der Waals surface area contributed by atoms with Crippen LogP contribution in [0.5, 0.6) is 0 Å². The largest absolute Gasteiger partial charge is 0.351 e. The topological polar surface area (TPSA) is 49.4 Å². The maximum Gasteiger partial charge on any atom is 0.229 e. The molecular weight excluding hydrogens is 347 g/mol. The molecule has 2 aromatic rings. The maximum atomic E-state index is 12.2. The molecule has 1 unspecified atom stereocenters. The second-order valence-electron chi connectivity index (χ2n) is 5.72. The van der Waals surface area contributed by atoms with Gasteiger partial charge in [0.05, 0.1) is 12.5 Å². The Morgan fingerprint density at radius 1 is 1.12 bits per heavy atom. The molecule has 0 spiro atoms. The van der Waals surface area contributed by atoms with Crippen molar-refractivity contribution in [2.24, 2.45) is 0 Å². The summed E-state index contributed by atoms with van der Waals surface area (Å²) < 4.78 is 0. The van der Waals surface area contributed by atoms with Crippen molar-refractivity contribution >= 4 is 40.7 Å². The highest BCUT2D eigenvalue weighted by atomic mass is 35.5. The van der Waals surface area contributed by atoms with E-state index in [2.05, 4.69) is 5.32 Å². The Bertz CT molecular complexity index is 762. The van der Waals surface area contributed by atoms with Crippen LogP contribution in [-0.4, -0.2) is 24.4 Å². The minimum Gasteiger partial charge on any atom is -0.351 e. The van der Waals surface area contributed by atoms with Gasteiger partial charge in [-0.2, -0.15) is 0 Å².